The monoisotopic (exact) mass is 421 g/mol. The van der Waals surface area contributed by atoms with Crippen LogP contribution in [0.25, 0.3) is 0 Å². The van der Waals surface area contributed by atoms with Crippen LogP contribution in [-0.2, 0) is 12.8 Å². The number of fused-ring (bicyclic) bond motifs is 1. The molecular formula is C22H29FNO4P. The van der Waals surface area contributed by atoms with Gasteiger partial charge < -0.3 is 25.4 Å². The van der Waals surface area contributed by atoms with Crippen LogP contribution < -0.4 is 15.4 Å². The molecule has 158 valence electrons. The highest BCUT2D eigenvalue weighted by Crippen LogP contribution is 2.29. The van der Waals surface area contributed by atoms with Gasteiger partial charge >= 0.3 is 0 Å². The number of aliphatic hydroxyl groups is 2. The summed E-state index contributed by atoms with van der Waals surface area (Å²) in [6, 6.07) is 9.88. The van der Waals surface area contributed by atoms with E-state index in [0.717, 1.165) is 22.9 Å². The summed E-state index contributed by atoms with van der Waals surface area (Å²) in [7, 11) is 2.61. The summed E-state index contributed by atoms with van der Waals surface area (Å²) in [5, 5.41) is 34.5. The Kier molecular flexibility index (Phi) is 7.84. The third kappa shape index (κ3) is 6.38. The minimum Gasteiger partial charge on any atom is -0.508 e. The van der Waals surface area contributed by atoms with Crippen LogP contribution >= 0.6 is 9.24 Å². The first-order valence-electron chi connectivity index (χ1n) is 10.0. The van der Waals surface area contributed by atoms with Crippen LogP contribution in [0.15, 0.2) is 36.4 Å². The van der Waals surface area contributed by atoms with E-state index in [-0.39, 0.29) is 17.7 Å². The van der Waals surface area contributed by atoms with Crippen molar-refractivity contribution in [2.45, 2.75) is 50.4 Å². The Morgan fingerprint density at radius 3 is 2.83 bits per heavy atom. The number of nitrogens with one attached hydrogen (secondary N) is 1. The van der Waals surface area contributed by atoms with Crippen molar-refractivity contribution in [2.75, 3.05) is 13.1 Å². The molecule has 0 fully saturated rings. The lowest BCUT2D eigenvalue weighted by molar-refractivity contribution is 0.0224. The predicted octanol–water partition coefficient (Wildman–Crippen LogP) is 2.06. The van der Waals surface area contributed by atoms with Crippen LogP contribution in [0.5, 0.6) is 11.5 Å². The Hall–Kier alpha value is -1.72. The van der Waals surface area contributed by atoms with Gasteiger partial charge in [-0.1, -0.05) is 6.07 Å². The molecule has 0 saturated heterocycles. The number of phenolic OH excluding ortho intramolecular Hbond substituents is 1. The van der Waals surface area contributed by atoms with Gasteiger partial charge in [0.1, 0.15) is 29.5 Å². The van der Waals surface area contributed by atoms with Crippen molar-refractivity contribution >= 4 is 14.5 Å². The van der Waals surface area contributed by atoms with E-state index in [1.54, 1.807) is 12.1 Å². The molecule has 0 aromatic heterocycles. The molecule has 2 aromatic rings. The molecular weight excluding hydrogens is 392 g/mol. The summed E-state index contributed by atoms with van der Waals surface area (Å²) < 4.78 is 19.1. The van der Waals surface area contributed by atoms with Gasteiger partial charge in [-0.25, -0.2) is 4.39 Å². The molecule has 7 heteroatoms. The number of aryl methyl sites for hydroxylation is 2. The summed E-state index contributed by atoms with van der Waals surface area (Å²) in [6.45, 7) is 0.690. The molecule has 5 nitrogen and oxygen atoms in total. The molecule has 0 aliphatic carbocycles. The van der Waals surface area contributed by atoms with Crippen LogP contribution in [-0.4, -0.2) is 46.7 Å². The average Bonchev–Trinajstić information content (AvgIpc) is 2.70. The van der Waals surface area contributed by atoms with E-state index in [9.17, 15) is 19.7 Å². The van der Waals surface area contributed by atoms with E-state index in [0.29, 0.717) is 44.5 Å². The third-order valence-electron chi connectivity index (χ3n) is 5.25. The fraction of sp³-hybridized carbons (Fsp3) is 0.455. The first kappa shape index (κ1) is 22.0. The SMILES string of the molecule is Oc1ccc(P)cc1CCCC(O)CNCC(O)C1CCc2cc(F)ccc2O1. The normalized spacial score (nSPS) is 18.0. The van der Waals surface area contributed by atoms with Crippen LogP contribution in [0.3, 0.4) is 0 Å². The van der Waals surface area contributed by atoms with E-state index >= 15 is 0 Å². The molecule has 3 rings (SSSR count). The Bertz CT molecular complexity index is 819. The molecule has 0 radical (unpaired) electrons. The van der Waals surface area contributed by atoms with Crippen LogP contribution in [0.4, 0.5) is 4.39 Å². The van der Waals surface area contributed by atoms with Crippen molar-refractivity contribution in [3.8, 4) is 11.5 Å². The maximum atomic E-state index is 13.3. The van der Waals surface area contributed by atoms with Gasteiger partial charge in [-0.05, 0) is 78.9 Å². The minimum absolute atomic E-state index is 0.279. The lowest BCUT2D eigenvalue weighted by atomic mass is 9.99. The number of halogens is 1. The number of hydrogen-bond acceptors (Lipinski definition) is 5. The first-order chi connectivity index (χ1) is 13.9. The summed E-state index contributed by atoms with van der Waals surface area (Å²) in [4.78, 5) is 0. The van der Waals surface area contributed by atoms with E-state index < -0.39 is 12.2 Å². The van der Waals surface area contributed by atoms with Crippen molar-refractivity contribution < 1.29 is 24.4 Å². The van der Waals surface area contributed by atoms with Crippen molar-refractivity contribution in [3.63, 3.8) is 0 Å². The van der Waals surface area contributed by atoms with E-state index in [1.807, 2.05) is 12.1 Å². The highest BCUT2D eigenvalue weighted by Gasteiger charge is 2.26. The molecule has 1 aliphatic heterocycles. The predicted molar refractivity (Wildman–Crippen MR) is 114 cm³/mol. The Morgan fingerprint density at radius 2 is 2.00 bits per heavy atom. The molecule has 0 spiro atoms. The molecule has 1 heterocycles. The van der Waals surface area contributed by atoms with Crippen LogP contribution in [0.1, 0.15) is 30.4 Å². The van der Waals surface area contributed by atoms with Crippen molar-refractivity contribution in [1.29, 1.82) is 0 Å². The van der Waals surface area contributed by atoms with Gasteiger partial charge in [-0.15, -0.1) is 9.24 Å². The fourth-order valence-electron chi connectivity index (χ4n) is 3.61. The van der Waals surface area contributed by atoms with E-state index in [4.69, 9.17) is 4.74 Å². The molecule has 4 atom stereocenters. The van der Waals surface area contributed by atoms with Gasteiger partial charge in [-0.2, -0.15) is 0 Å². The standard InChI is InChI=1S/C22H29FNO4P/c23-16-5-9-21-15(10-16)4-8-22(28-21)20(27)13-24-12-17(25)3-1-2-14-11-18(29)6-7-19(14)26/h5-7,9-11,17,20,22,24-27H,1-4,8,12-13,29H2. The maximum Gasteiger partial charge on any atom is 0.126 e. The topological polar surface area (TPSA) is 82.0 Å². The maximum absolute atomic E-state index is 13.3. The van der Waals surface area contributed by atoms with Crippen LogP contribution in [0, 0.1) is 5.82 Å². The molecule has 4 N–H and O–H groups in total. The number of ether oxygens (including phenoxy) is 1. The largest absolute Gasteiger partial charge is 0.508 e. The summed E-state index contributed by atoms with van der Waals surface area (Å²) in [5.41, 5.74) is 1.71. The van der Waals surface area contributed by atoms with Gasteiger partial charge in [0.2, 0.25) is 0 Å². The average molecular weight is 421 g/mol. The van der Waals surface area contributed by atoms with Crippen molar-refractivity contribution in [2.24, 2.45) is 0 Å². The number of aliphatic hydroxyl groups excluding tert-OH is 2. The molecule has 4 unspecified atom stereocenters. The highest BCUT2D eigenvalue weighted by molar-refractivity contribution is 7.27. The Labute approximate surface area is 173 Å². The molecule has 0 amide bonds. The number of benzene rings is 2. The van der Waals surface area contributed by atoms with Crippen molar-refractivity contribution in [3.05, 3.63) is 53.3 Å². The Balaban J connectivity index is 1.35. The Morgan fingerprint density at radius 1 is 1.17 bits per heavy atom. The third-order valence-corrected chi connectivity index (χ3v) is 5.61. The zero-order valence-corrected chi connectivity index (χ0v) is 17.5. The molecule has 1 aliphatic rings. The number of hydrogen-bond donors (Lipinski definition) is 4. The zero-order chi connectivity index (χ0) is 20.8. The number of aromatic hydroxyl groups is 1. The lowest BCUT2D eigenvalue weighted by Gasteiger charge is -2.30. The molecule has 2 aromatic carbocycles. The zero-order valence-electron chi connectivity index (χ0n) is 16.4. The van der Waals surface area contributed by atoms with E-state index in [1.165, 1.54) is 12.1 Å². The second-order valence-corrected chi connectivity index (χ2v) is 8.27. The van der Waals surface area contributed by atoms with Gasteiger partial charge in [0.25, 0.3) is 0 Å². The van der Waals surface area contributed by atoms with Crippen LogP contribution in [0.2, 0.25) is 0 Å². The fourth-order valence-corrected chi connectivity index (χ4v) is 3.91. The second-order valence-electron chi connectivity index (χ2n) is 7.61. The summed E-state index contributed by atoms with van der Waals surface area (Å²) in [6.07, 6.45) is 1.77. The minimum atomic E-state index is -0.706. The quantitative estimate of drug-likeness (QED) is 0.466. The molecule has 29 heavy (non-hydrogen) atoms. The van der Waals surface area contributed by atoms with Gasteiger partial charge in [0, 0.05) is 13.1 Å². The summed E-state index contributed by atoms with van der Waals surface area (Å²) in [5.74, 6) is 0.627. The first-order valence-corrected chi connectivity index (χ1v) is 10.6. The van der Waals surface area contributed by atoms with E-state index in [2.05, 4.69) is 14.6 Å². The number of phenols is 1. The highest BCUT2D eigenvalue weighted by atomic mass is 31.0. The molecule has 0 saturated carbocycles. The van der Waals surface area contributed by atoms with Crippen molar-refractivity contribution in [1.82, 2.24) is 5.32 Å². The number of rotatable bonds is 9. The molecule has 0 bridgehead atoms. The smallest absolute Gasteiger partial charge is 0.126 e. The van der Waals surface area contributed by atoms with Gasteiger partial charge in [0.15, 0.2) is 0 Å². The van der Waals surface area contributed by atoms with Gasteiger partial charge in [0.05, 0.1) is 6.10 Å². The second kappa shape index (κ2) is 10.4. The summed E-state index contributed by atoms with van der Waals surface area (Å²) >= 11 is 0. The lowest BCUT2D eigenvalue weighted by Crippen LogP contribution is -2.43. The van der Waals surface area contributed by atoms with Gasteiger partial charge in [-0.3, -0.25) is 0 Å².